The highest BCUT2D eigenvalue weighted by Gasteiger charge is 2.28. The molecule has 3 nitrogen and oxygen atoms in total. The molecule has 1 heterocycles. The first-order chi connectivity index (χ1) is 12.2. The van der Waals surface area contributed by atoms with Crippen LogP contribution in [-0.4, -0.2) is 26.4 Å². The van der Waals surface area contributed by atoms with E-state index in [0.717, 1.165) is 47.1 Å². The molecule has 1 fully saturated rings. The number of hydrogen-bond acceptors (Lipinski definition) is 3. The molecular weight excluding hydrogens is 596 g/mol. The van der Waals surface area contributed by atoms with E-state index in [9.17, 15) is 0 Å². The lowest BCUT2D eigenvalue weighted by atomic mass is 9.78. The minimum absolute atomic E-state index is 0.221. The molecule has 0 aliphatic carbocycles. The second kappa shape index (κ2) is 8.11. The Morgan fingerprint density at radius 2 is 1.35 bits per heavy atom. The van der Waals surface area contributed by atoms with Gasteiger partial charge >= 0.3 is 0 Å². The van der Waals surface area contributed by atoms with Crippen LogP contribution >= 0.6 is 63.7 Å². The van der Waals surface area contributed by atoms with Gasteiger partial charge in [-0.1, -0.05) is 13.8 Å². The maximum absolute atomic E-state index is 5.88. The van der Waals surface area contributed by atoms with Gasteiger partial charge in [0.2, 0.25) is 0 Å². The van der Waals surface area contributed by atoms with E-state index in [1.165, 1.54) is 0 Å². The van der Waals surface area contributed by atoms with Crippen molar-refractivity contribution in [1.29, 1.82) is 0 Å². The molecule has 0 saturated carbocycles. The smallest absolute Gasteiger partial charge is 0.147 e. The number of halogens is 4. The first-order valence-electron chi connectivity index (χ1n) is 8.01. The highest BCUT2D eigenvalue weighted by Crippen LogP contribution is 2.44. The van der Waals surface area contributed by atoms with Gasteiger partial charge in [-0.2, -0.15) is 0 Å². The zero-order chi connectivity index (χ0) is 19.1. The Balaban J connectivity index is 1.96. The summed E-state index contributed by atoms with van der Waals surface area (Å²) in [5.74, 6) is 1.59. The third-order valence-corrected chi connectivity index (χ3v) is 6.82. The van der Waals surface area contributed by atoms with Gasteiger partial charge in [-0.05, 0) is 99.1 Å². The molecule has 0 radical (unpaired) electrons. The monoisotopic (exact) mass is 610 g/mol. The van der Waals surface area contributed by atoms with Gasteiger partial charge in [-0.25, -0.2) is 0 Å². The predicted octanol–water partition coefficient (Wildman–Crippen LogP) is 6.85. The summed E-state index contributed by atoms with van der Waals surface area (Å²) in [6, 6.07) is 8.42. The normalized spacial score (nSPS) is 16.5. The number of ether oxygens (including phenoxy) is 3. The van der Waals surface area contributed by atoms with Crippen LogP contribution in [0.4, 0.5) is 0 Å². The van der Waals surface area contributed by atoms with E-state index in [0.29, 0.717) is 6.61 Å². The van der Waals surface area contributed by atoms with Crippen molar-refractivity contribution in [3.63, 3.8) is 0 Å². The van der Waals surface area contributed by atoms with Crippen molar-refractivity contribution >= 4 is 63.7 Å². The molecule has 26 heavy (non-hydrogen) atoms. The Labute approximate surface area is 187 Å². The molecule has 1 atom stereocenters. The average Bonchev–Trinajstić information content (AvgIpc) is 3.37. The van der Waals surface area contributed by atoms with Gasteiger partial charge in [0, 0.05) is 5.41 Å². The first kappa shape index (κ1) is 20.6. The molecule has 2 aromatic carbocycles. The van der Waals surface area contributed by atoms with E-state index in [4.69, 9.17) is 14.2 Å². The van der Waals surface area contributed by atoms with E-state index in [-0.39, 0.29) is 11.5 Å². The van der Waals surface area contributed by atoms with E-state index in [2.05, 4.69) is 102 Å². The summed E-state index contributed by atoms with van der Waals surface area (Å²) < 4.78 is 20.2. The number of benzene rings is 2. The van der Waals surface area contributed by atoms with Crippen LogP contribution in [0.3, 0.4) is 0 Å². The lowest BCUT2D eigenvalue weighted by Crippen LogP contribution is -2.19. The SMILES string of the molecule is COc1c(Br)cc(C(C)(C)c2cc(Br)c(OCC3CO3)c(Br)c2)cc1Br. The summed E-state index contributed by atoms with van der Waals surface area (Å²) in [6.45, 7) is 5.74. The van der Waals surface area contributed by atoms with Crippen LogP contribution in [0, 0.1) is 0 Å². The van der Waals surface area contributed by atoms with Crippen molar-refractivity contribution in [2.45, 2.75) is 25.4 Å². The summed E-state index contributed by atoms with van der Waals surface area (Å²) in [5, 5.41) is 0. The summed E-state index contributed by atoms with van der Waals surface area (Å²) in [7, 11) is 1.66. The molecule has 0 amide bonds. The molecule has 0 aromatic heterocycles. The Morgan fingerprint density at radius 3 is 1.73 bits per heavy atom. The van der Waals surface area contributed by atoms with E-state index in [1.54, 1.807) is 7.11 Å². The van der Waals surface area contributed by atoms with Crippen LogP contribution < -0.4 is 9.47 Å². The Kier molecular flexibility index (Phi) is 6.44. The van der Waals surface area contributed by atoms with Crippen LogP contribution in [0.5, 0.6) is 11.5 Å². The van der Waals surface area contributed by atoms with Crippen molar-refractivity contribution < 1.29 is 14.2 Å². The Morgan fingerprint density at radius 1 is 0.923 bits per heavy atom. The predicted molar refractivity (Wildman–Crippen MR) is 118 cm³/mol. The molecule has 1 aliphatic rings. The zero-order valence-electron chi connectivity index (χ0n) is 14.5. The summed E-state index contributed by atoms with van der Waals surface area (Å²) in [4.78, 5) is 0. The Bertz CT molecular complexity index is 786. The average molecular weight is 614 g/mol. The van der Waals surface area contributed by atoms with Gasteiger partial charge in [-0.3, -0.25) is 0 Å². The molecular formula is C19H18Br4O3. The van der Waals surface area contributed by atoms with Crippen molar-refractivity contribution in [2.75, 3.05) is 20.3 Å². The summed E-state index contributed by atoms with van der Waals surface area (Å²) in [6.07, 6.45) is 0.221. The van der Waals surface area contributed by atoms with E-state index in [1.807, 2.05) is 0 Å². The van der Waals surface area contributed by atoms with Gasteiger partial charge in [-0.15, -0.1) is 0 Å². The maximum atomic E-state index is 5.88. The van der Waals surface area contributed by atoms with Crippen LogP contribution in [0.1, 0.15) is 25.0 Å². The lowest BCUT2D eigenvalue weighted by molar-refractivity contribution is 0.260. The van der Waals surface area contributed by atoms with Crippen LogP contribution in [-0.2, 0) is 10.2 Å². The molecule has 140 valence electrons. The van der Waals surface area contributed by atoms with E-state index >= 15 is 0 Å². The minimum Gasteiger partial charge on any atom is -0.494 e. The third kappa shape index (κ3) is 4.32. The zero-order valence-corrected chi connectivity index (χ0v) is 20.9. The first-order valence-corrected chi connectivity index (χ1v) is 11.2. The second-order valence-corrected chi connectivity index (χ2v) is 10.1. The quantitative estimate of drug-likeness (QED) is 0.334. The Hall–Kier alpha value is -0.0800. The van der Waals surface area contributed by atoms with Gasteiger partial charge in [0.25, 0.3) is 0 Å². The third-order valence-electron chi connectivity index (χ3n) is 4.46. The number of hydrogen-bond donors (Lipinski definition) is 0. The molecule has 0 bridgehead atoms. The molecule has 7 heteroatoms. The molecule has 1 aliphatic heterocycles. The largest absolute Gasteiger partial charge is 0.494 e. The second-order valence-electron chi connectivity index (χ2n) is 6.63. The van der Waals surface area contributed by atoms with Gasteiger partial charge < -0.3 is 14.2 Å². The van der Waals surface area contributed by atoms with Gasteiger partial charge in [0.15, 0.2) is 0 Å². The number of rotatable bonds is 6. The number of methoxy groups -OCH3 is 1. The van der Waals surface area contributed by atoms with Crippen molar-refractivity contribution in [3.8, 4) is 11.5 Å². The van der Waals surface area contributed by atoms with Crippen LogP contribution in [0.2, 0.25) is 0 Å². The van der Waals surface area contributed by atoms with Gasteiger partial charge in [0.05, 0.1) is 31.6 Å². The molecule has 3 rings (SSSR count). The highest BCUT2D eigenvalue weighted by molar-refractivity contribution is 9.11. The molecule has 1 saturated heterocycles. The van der Waals surface area contributed by atoms with Crippen LogP contribution in [0.15, 0.2) is 42.2 Å². The van der Waals surface area contributed by atoms with Gasteiger partial charge in [0.1, 0.15) is 24.2 Å². The highest BCUT2D eigenvalue weighted by atomic mass is 79.9. The van der Waals surface area contributed by atoms with E-state index < -0.39 is 0 Å². The minimum atomic E-state index is -0.222. The van der Waals surface area contributed by atoms with Crippen LogP contribution in [0.25, 0.3) is 0 Å². The number of epoxide rings is 1. The summed E-state index contributed by atoms with van der Waals surface area (Å²) >= 11 is 14.5. The van der Waals surface area contributed by atoms with Crippen molar-refractivity contribution in [3.05, 3.63) is 53.3 Å². The van der Waals surface area contributed by atoms with Crippen molar-refractivity contribution in [2.24, 2.45) is 0 Å². The van der Waals surface area contributed by atoms with Crippen molar-refractivity contribution in [1.82, 2.24) is 0 Å². The standard InChI is InChI=1S/C19H18Br4O3/c1-19(2,10-4-13(20)17(24-3)14(21)5-10)11-6-15(22)18(16(23)7-11)26-9-12-8-25-12/h4-7,12H,8-9H2,1-3H3. The molecule has 0 spiro atoms. The fourth-order valence-corrected chi connectivity index (χ4v) is 5.61. The summed E-state index contributed by atoms with van der Waals surface area (Å²) in [5.41, 5.74) is 2.10. The maximum Gasteiger partial charge on any atom is 0.147 e. The fraction of sp³-hybridized carbons (Fsp3) is 0.368. The molecule has 1 unspecified atom stereocenters. The lowest BCUT2D eigenvalue weighted by Gasteiger charge is -2.28. The molecule has 0 N–H and O–H groups in total. The molecule has 2 aromatic rings. The topological polar surface area (TPSA) is 31.0 Å². The fourth-order valence-electron chi connectivity index (χ4n) is 2.68.